The van der Waals surface area contributed by atoms with Crippen molar-refractivity contribution in [1.82, 2.24) is 5.32 Å². The number of carbonyl (C=O) groups excluding carboxylic acids is 1. The van der Waals surface area contributed by atoms with Gasteiger partial charge in [0, 0.05) is 12.6 Å². The first-order chi connectivity index (χ1) is 12.0. The Bertz CT molecular complexity index is 764. The van der Waals surface area contributed by atoms with E-state index in [1.807, 2.05) is 24.3 Å². The molecule has 0 aliphatic carbocycles. The van der Waals surface area contributed by atoms with Crippen LogP contribution in [0.25, 0.3) is 0 Å². The van der Waals surface area contributed by atoms with Crippen molar-refractivity contribution in [2.45, 2.75) is 6.42 Å². The Morgan fingerprint density at radius 1 is 1.12 bits per heavy atom. The number of urea groups is 1. The maximum atomic E-state index is 12.0. The number of hydrogen-bond acceptors (Lipinski definition) is 5. The van der Waals surface area contributed by atoms with Crippen LogP contribution in [0.3, 0.4) is 0 Å². The lowest BCUT2D eigenvalue weighted by Gasteiger charge is -2.12. The van der Waals surface area contributed by atoms with Crippen LogP contribution in [0.4, 0.5) is 16.2 Å². The molecule has 0 bridgehead atoms. The number of ether oxygens (including phenoxy) is 2. The summed E-state index contributed by atoms with van der Waals surface area (Å²) in [5.74, 6) is 0.982. The van der Waals surface area contributed by atoms with Gasteiger partial charge in [0.2, 0.25) is 0 Å². The number of para-hydroxylation sites is 1. The lowest BCUT2D eigenvalue weighted by atomic mass is 10.1. The third kappa shape index (κ3) is 4.84. The second-order valence-corrected chi connectivity index (χ2v) is 5.08. The summed E-state index contributed by atoms with van der Waals surface area (Å²) in [6.45, 7) is 0.404. The molecule has 132 valence electrons. The van der Waals surface area contributed by atoms with Gasteiger partial charge in [-0.25, -0.2) is 4.79 Å². The average molecular weight is 345 g/mol. The lowest BCUT2D eigenvalue weighted by molar-refractivity contribution is -0.384. The summed E-state index contributed by atoms with van der Waals surface area (Å²) in [5, 5.41) is 16.1. The first kappa shape index (κ1) is 18.1. The van der Waals surface area contributed by atoms with E-state index in [0.29, 0.717) is 18.7 Å². The van der Waals surface area contributed by atoms with Crippen molar-refractivity contribution in [2.75, 3.05) is 26.1 Å². The molecule has 2 N–H and O–H groups in total. The Kier molecular flexibility index (Phi) is 6.16. The summed E-state index contributed by atoms with van der Waals surface area (Å²) in [4.78, 5) is 22.2. The van der Waals surface area contributed by atoms with Gasteiger partial charge in [0.25, 0.3) is 5.69 Å². The van der Waals surface area contributed by atoms with Gasteiger partial charge in [-0.15, -0.1) is 0 Å². The third-order valence-electron chi connectivity index (χ3n) is 3.52. The molecule has 0 unspecified atom stereocenters. The number of non-ortho nitro benzene ring substituents is 1. The van der Waals surface area contributed by atoms with E-state index >= 15 is 0 Å². The van der Waals surface area contributed by atoms with Crippen molar-refractivity contribution in [1.29, 1.82) is 0 Å². The van der Waals surface area contributed by atoms with Crippen LogP contribution in [0.1, 0.15) is 5.56 Å². The summed E-state index contributed by atoms with van der Waals surface area (Å²) in [6.07, 6.45) is 0.606. The largest absolute Gasteiger partial charge is 0.496 e. The monoisotopic (exact) mass is 345 g/mol. The molecular weight excluding hydrogens is 326 g/mol. The minimum atomic E-state index is -0.528. The van der Waals surface area contributed by atoms with Gasteiger partial charge < -0.3 is 20.1 Å². The first-order valence-electron chi connectivity index (χ1n) is 7.54. The topological polar surface area (TPSA) is 103 Å². The summed E-state index contributed by atoms with van der Waals surface area (Å²) < 4.78 is 10.3. The molecule has 0 fully saturated rings. The molecule has 0 heterocycles. The second kappa shape index (κ2) is 8.53. The minimum Gasteiger partial charge on any atom is -0.496 e. The van der Waals surface area contributed by atoms with Gasteiger partial charge in [-0.05, 0) is 24.1 Å². The number of amides is 2. The molecule has 25 heavy (non-hydrogen) atoms. The molecule has 0 aliphatic heterocycles. The molecule has 0 aliphatic rings. The van der Waals surface area contributed by atoms with Crippen LogP contribution < -0.4 is 20.1 Å². The molecule has 0 atom stereocenters. The van der Waals surface area contributed by atoms with Crippen molar-refractivity contribution in [3.63, 3.8) is 0 Å². The number of nitro benzene ring substituents is 1. The number of methoxy groups -OCH3 is 2. The van der Waals surface area contributed by atoms with Crippen LogP contribution >= 0.6 is 0 Å². The molecule has 2 rings (SSSR count). The molecule has 0 radical (unpaired) electrons. The van der Waals surface area contributed by atoms with E-state index in [1.165, 1.54) is 25.3 Å². The van der Waals surface area contributed by atoms with E-state index in [-0.39, 0.29) is 11.4 Å². The number of hydrogen-bond donors (Lipinski definition) is 2. The smallest absolute Gasteiger partial charge is 0.319 e. The fourth-order valence-electron chi connectivity index (χ4n) is 2.28. The molecule has 0 aromatic heterocycles. The molecule has 2 aromatic carbocycles. The molecule has 0 spiro atoms. The maximum Gasteiger partial charge on any atom is 0.319 e. The van der Waals surface area contributed by atoms with Crippen LogP contribution in [0.15, 0.2) is 42.5 Å². The number of nitrogens with one attached hydrogen (secondary N) is 2. The molecule has 2 amide bonds. The van der Waals surface area contributed by atoms with E-state index < -0.39 is 11.0 Å². The molecular formula is C17H19N3O5. The highest BCUT2D eigenvalue weighted by Crippen LogP contribution is 2.28. The Morgan fingerprint density at radius 3 is 2.52 bits per heavy atom. The second-order valence-electron chi connectivity index (χ2n) is 5.08. The van der Waals surface area contributed by atoms with E-state index in [9.17, 15) is 14.9 Å². The van der Waals surface area contributed by atoms with Crippen molar-refractivity contribution in [3.8, 4) is 11.5 Å². The number of nitrogens with zero attached hydrogens (tertiary/aromatic N) is 1. The maximum absolute atomic E-state index is 12.0. The minimum absolute atomic E-state index is 0.112. The Morgan fingerprint density at radius 2 is 1.84 bits per heavy atom. The van der Waals surface area contributed by atoms with Gasteiger partial charge in [0.15, 0.2) is 0 Å². The first-order valence-corrected chi connectivity index (χ1v) is 7.54. The number of benzene rings is 2. The van der Waals surface area contributed by atoms with Crippen LogP contribution in [0.2, 0.25) is 0 Å². The van der Waals surface area contributed by atoms with Gasteiger partial charge in [0.1, 0.15) is 11.5 Å². The summed E-state index contributed by atoms with van der Waals surface area (Å²) >= 11 is 0. The molecule has 8 heteroatoms. The summed E-state index contributed by atoms with van der Waals surface area (Å²) in [7, 11) is 2.98. The molecule has 2 aromatic rings. The number of rotatable bonds is 7. The van der Waals surface area contributed by atoms with Gasteiger partial charge in [0.05, 0.1) is 30.9 Å². The van der Waals surface area contributed by atoms with Gasteiger partial charge in [-0.2, -0.15) is 0 Å². The average Bonchev–Trinajstić information content (AvgIpc) is 2.62. The molecule has 0 saturated heterocycles. The predicted octanol–water partition coefficient (Wildman–Crippen LogP) is 2.98. The van der Waals surface area contributed by atoms with Crippen molar-refractivity contribution < 1.29 is 19.2 Å². The third-order valence-corrected chi connectivity index (χ3v) is 3.52. The Labute approximate surface area is 144 Å². The van der Waals surface area contributed by atoms with E-state index in [1.54, 1.807) is 7.11 Å². The number of anilines is 1. The van der Waals surface area contributed by atoms with Crippen LogP contribution in [-0.2, 0) is 6.42 Å². The number of carbonyl (C=O) groups is 1. The molecule has 8 nitrogen and oxygen atoms in total. The summed E-state index contributed by atoms with van der Waals surface area (Å²) in [5.41, 5.74) is 1.22. The highest BCUT2D eigenvalue weighted by Gasteiger charge is 2.13. The predicted molar refractivity (Wildman–Crippen MR) is 93.4 cm³/mol. The number of nitro groups is 1. The van der Waals surface area contributed by atoms with Crippen molar-refractivity contribution in [3.05, 3.63) is 58.1 Å². The quantitative estimate of drug-likeness (QED) is 0.593. The Balaban J connectivity index is 1.93. The Hall–Kier alpha value is -3.29. The van der Waals surface area contributed by atoms with Crippen LogP contribution in [0.5, 0.6) is 11.5 Å². The lowest BCUT2D eigenvalue weighted by Crippen LogP contribution is -2.30. The molecule has 0 saturated carbocycles. The van der Waals surface area contributed by atoms with E-state index in [4.69, 9.17) is 9.47 Å². The summed E-state index contributed by atoms with van der Waals surface area (Å²) in [6, 6.07) is 11.1. The highest BCUT2D eigenvalue weighted by atomic mass is 16.6. The van der Waals surface area contributed by atoms with Gasteiger partial charge >= 0.3 is 6.03 Å². The normalized spacial score (nSPS) is 10.0. The fourth-order valence-corrected chi connectivity index (χ4v) is 2.28. The fraction of sp³-hybridized carbons (Fsp3) is 0.235. The van der Waals surface area contributed by atoms with Crippen molar-refractivity contribution >= 4 is 17.4 Å². The van der Waals surface area contributed by atoms with Gasteiger partial charge in [-0.3, -0.25) is 10.1 Å². The zero-order valence-electron chi connectivity index (χ0n) is 13.9. The van der Waals surface area contributed by atoms with E-state index in [0.717, 1.165) is 11.3 Å². The van der Waals surface area contributed by atoms with Crippen molar-refractivity contribution in [2.24, 2.45) is 0 Å². The highest BCUT2D eigenvalue weighted by molar-refractivity contribution is 5.91. The zero-order chi connectivity index (χ0) is 18.2. The van der Waals surface area contributed by atoms with E-state index in [2.05, 4.69) is 10.6 Å². The van der Waals surface area contributed by atoms with Gasteiger partial charge in [-0.1, -0.05) is 18.2 Å². The zero-order valence-corrected chi connectivity index (χ0v) is 13.9. The van der Waals surface area contributed by atoms with Crippen LogP contribution in [0, 0.1) is 10.1 Å². The SMILES string of the molecule is COc1ccccc1CCNC(=O)Nc1ccc([N+](=O)[O-])cc1OC. The standard InChI is InChI=1S/C17H19N3O5/c1-24-15-6-4-3-5-12(15)9-10-18-17(21)19-14-8-7-13(20(22)23)11-16(14)25-2/h3-8,11H,9-10H2,1-2H3,(H2,18,19,21). The van der Waals surface area contributed by atoms with Crippen LogP contribution in [-0.4, -0.2) is 31.7 Å².